The number of hydrazine groups is 1. The van der Waals surface area contributed by atoms with Gasteiger partial charge in [0.05, 0.1) is 6.04 Å². The predicted octanol–water partition coefficient (Wildman–Crippen LogP) is -0.653. The van der Waals surface area contributed by atoms with Gasteiger partial charge in [-0.25, -0.2) is 21.1 Å². The van der Waals surface area contributed by atoms with Gasteiger partial charge in [-0.3, -0.25) is 9.69 Å². The molecule has 1 radical (unpaired) electrons. The maximum atomic E-state index is 12.6. The van der Waals surface area contributed by atoms with Gasteiger partial charge in [-0.1, -0.05) is 6.54 Å². The molecule has 109 valence electrons. The van der Waals surface area contributed by atoms with Gasteiger partial charge < -0.3 is 10.1 Å². The van der Waals surface area contributed by atoms with E-state index in [2.05, 4.69) is 5.32 Å². The Kier molecular flexibility index (Phi) is 5.80. The molecule has 7 nitrogen and oxygen atoms in total. The molecular weight excluding hydrogens is 337 g/mol. The van der Waals surface area contributed by atoms with Crippen molar-refractivity contribution in [3.63, 3.8) is 0 Å². The summed E-state index contributed by atoms with van der Waals surface area (Å²) >= 11 is 0. The van der Waals surface area contributed by atoms with E-state index in [1.54, 1.807) is 18.2 Å². The molecule has 0 aliphatic carbocycles. The van der Waals surface area contributed by atoms with Crippen LogP contribution in [0.15, 0.2) is 0 Å². The normalized spacial score (nSPS) is 31.4. The van der Waals surface area contributed by atoms with Gasteiger partial charge in [0, 0.05) is 48.5 Å². The van der Waals surface area contributed by atoms with Crippen molar-refractivity contribution in [2.24, 2.45) is 0 Å². The molecule has 0 aromatic rings. The number of hydrogen-bond donors (Lipinski definition) is 1. The largest absolute Gasteiger partial charge is 0.540 e. The maximum absolute atomic E-state index is 12.6. The van der Waals surface area contributed by atoms with Crippen LogP contribution in [0.3, 0.4) is 0 Å². The molecular formula is C12H19N4O3Y-. The van der Waals surface area contributed by atoms with E-state index in [0.29, 0.717) is 13.0 Å². The van der Waals surface area contributed by atoms with E-state index in [4.69, 9.17) is 2.74 Å². The minimum atomic E-state index is -0.579. The fourth-order valence-electron chi connectivity index (χ4n) is 2.31. The van der Waals surface area contributed by atoms with Crippen LogP contribution in [-0.4, -0.2) is 72.4 Å². The average Bonchev–Trinajstić information content (AvgIpc) is 2.98. The molecule has 1 N–H and O–H groups in total. The molecule has 2 fully saturated rings. The molecule has 0 aromatic heterocycles. The van der Waals surface area contributed by atoms with Crippen LogP contribution in [-0.2, 0) is 42.3 Å². The van der Waals surface area contributed by atoms with Gasteiger partial charge in [-0.2, -0.15) is 0 Å². The van der Waals surface area contributed by atoms with Gasteiger partial charge >= 0.3 is 6.03 Å². The third-order valence-corrected chi connectivity index (χ3v) is 3.32. The van der Waals surface area contributed by atoms with Gasteiger partial charge in [-0.05, 0) is 32.8 Å². The molecule has 3 atom stereocenters. The summed E-state index contributed by atoms with van der Waals surface area (Å²) < 4.78 is 15.5. The van der Waals surface area contributed by atoms with E-state index in [-0.39, 0.29) is 64.6 Å². The smallest absolute Gasteiger partial charge is 0.334 e. The first-order valence-corrected chi connectivity index (χ1v) is 6.20. The number of nitrogens with one attached hydrogen (secondary N) is 1. The number of urea groups is 1. The van der Waals surface area contributed by atoms with Crippen molar-refractivity contribution in [3.05, 3.63) is 0 Å². The number of nitrogens with zero attached hydrogens (tertiary/aromatic N) is 3. The zero-order valence-corrected chi connectivity index (χ0v) is 14.2. The second-order valence-electron chi connectivity index (χ2n) is 4.57. The molecule has 2 saturated heterocycles. The molecule has 3 unspecified atom stereocenters. The van der Waals surface area contributed by atoms with Crippen LogP contribution in [0.5, 0.6) is 0 Å². The first-order chi connectivity index (χ1) is 9.93. The Bertz CT molecular complexity index is 443. The van der Waals surface area contributed by atoms with Crippen LogP contribution in [0.4, 0.5) is 4.79 Å². The Balaban J connectivity index is 0.00000242. The van der Waals surface area contributed by atoms with Crippen LogP contribution >= 0.6 is 0 Å². The summed E-state index contributed by atoms with van der Waals surface area (Å²) in [4.78, 5) is 36.5. The number of amides is 3. The number of likely N-dealkylation sites (N-methyl/N-ethyl adjacent to an activating group) is 1. The zero-order chi connectivity index (χ0) is 15.6. The van der Waals surface area contributed by atoms with E-state index in [0.717, 1.165) is 0 Å². The van der Waals surface area contributed by atoms with Crippen LogP contribution in [0.1, 0.15) is 22.0 Å². The van der Waals surface area contributed by atoms with E-state index >= 15 is 0 Å². The van der Waals surface area contributed by atoms with Crippen molar-refractivity contribution in [1.82, 2.24) is 20.2 Å². The van der Waals surface area contributed by atoms with Crippen molar-refractivity contribution < 1.29 is 49.8 Å². The van der Waals surface area contributed by atoms with Crippen LogP contribution < -0.4 is 5.32 Å². The predicted molar refractivity (Wildman–Crippen MR) is 67.8 cm³/mol. The quantitative estimate of drug-likeness (QED) is 0.679. The van der Waals surface area contributed by atoms with Gasteiger partial charge in [0.2, 0.25) is 0 Å². The van der Waals surface area contributed by atoms with E-state index in [1.165, 1.54) is 10.0 Å². The van der Waals surface area contributed by atoms with Crippen molar-refractivity contribution in [1.29, 1.82) is 0 Å². The van der Waals surface area contributed by atoms with E-state index in [9.17, 15) is 14.4 Å². The first-order valence-electron chi connectivity index (χ1n) is 7.36. The summed E-state index contributed by atoms with van der Waals surface area (Å²) in [6.07, 6.45) is 1.09. The number of carbonyl (C=O) groups is 2. The average molecular weight is 360 g/mol. The topological polar surface area (TPSA) is 73.0 Å². The number of rotatable bonds is 3. The van der Waals surface area contributed by atoms with Gasteiger partial charge in [0.1, 0.15) is 0 Å². The van der Waals surface area contributed by atoms with Crippen molar-refractivity contribution >= 4 is 18.2 Å². The molecule has 0 bridgehead atoms. The number of hydrogen-bond acceptors (Lipinski definition) is 4. The summed E-state index contributed by atoms with van der Waals surface area (Å²) in [6, 6.07) is -1.02. The molecule has 20 heavy (non-hydrogen) atoms. The summed E-state index contributed by atoms with van der Waals surface area (Å²) in [5, 5.41) is 4.76. The fourth-order valence-corrected chi connectivity index (χ4v) is 2.31. The number of carbonyl (C=O) groups excluding carboxylic acids is 3. The monoisotopic (exact) mass is 360 g/mol. The van der Waals surface area contributed by atoms with Gasteiger partial charge in [0.25, 0.3) is 5.91 Å². The third kappa shape index (κ3) is 3.77. The minimum absolute atomic E-state index is 0. The Morgan fingerprint density at radius 3 is 2.60 bits per heavy atom. The van der Waals surface area contributed by atoms with E-state index in [1.807, 2.05) is 0 Å². The molecule has 2 aliphatic heterocycles. The Morgan fingerprint density at radius 2 is 2.00 bits per heavy atom. The maximum Gasteiger partial charge on any atom is 0.334 e. The summed E-state index contributed by atoms with van der Waals surface area (Å²) in [5.74, 6) is -0.271. The molecule has 0 saturated carbocycles. The van der Waals surface area contributed by atoms with Crippen molar-refractivity contribution in [2.45, 2.75) is 25.3 Å². The first kappa shape index (κ1) is 14.4. The van der Waals surface area contributed by atoms with Crippen molar-refractivity contribution in [2.75, 3.05) is 33.2 Å². The standard InChI is InChI=1S/C12H19N4O3.Y/c1-14-6-2-4-10(14)11(18)15-7-3-8-16(15)12(19)13-5-9-17;/h10H,2-8H2,1H3,(H,13,19);/q-1;/i2T,3T;. The Hall–Kier alpha value is -0.526. The fraction of sp³-hybridized carbons (Fsp3) is 0.750. The minimum Gasteiger partial charge on any atom is -0.540 e. The summed E-state index contributed by atoms with van der Waals surface area (Å²) in [7, 11) is 1.77. The number of likely N-dealkylation sites (tertiary alicyclic amines) is 1. The van der Waals surface area contributed by atoms with Gasteiger partial charge in [0.15, 0.2) is 0 Å². The third-order valence-electron chi connectivity index (χ3n) is 3.32. The molecule has 3 amide bonds. The second-order valence-corrected chi connectivity index (χ2v) is 4.57. The van der Waals surface area contributed by atoms with Crippen LogP contribution in [0.25, 0.3) is 0 Å². The van der Waals surface area contributed by atoms with Crippen LogP contribution in [0.2, 0.25) is 0 Å². The Labute approximate surface area is 146 Å². The van der Waals surface area contributed by atoms with E-state index < -0.39 is 18.5 Å². The Morgan fingerprint density at radius 1 is 1.30 bits per heavy atom. The van der Waals surface area contributed by atoms with Crippen LogP contribution in [0, 0.1) is 0 Å². The molecule has 8 heteroatoms. The SMILES string of the molecule is [3H]C1CC(C(=O)N2CC([3H])CN2C(=O)NC[C-]=O)N(C)C1.[Y]. The zero-order valence-electron chi connectivity index (χ0n) is 13.4. The van der Waals surface area contributed by atoms with Crippen molar-refractivity contribution in [3.8, 4) is 0 Å². The molecule has 2 rings (SSSR count). The summed E-state index contributed by atoms with van der Waals surface area (Å²) in [6.45, 7) is 0.514. The molecule has 0 spiro atoms. The molecule has 2 heterocycles. The molecule has 2 aliphatic rings. The van der Waals surface area contributed by atoms with Gasteiger partial charge in [-0.15, -0.1) is 0 Å². The molecule has 0 aromatic carbocycles. The summed E-state index contributed by atoms with van der Waals surface area (Å²) in [5.41, 5.74) is 0. The second kappa shape index (κ2) is 8.05.